The minimum atomic E-state index is -0.579. The predicted octanol–water partition coefficient (Wildman–Crippen LogP) is 4.34. The summed E-state index contributed by atoms with van der Waals surface area (Å²) in [6.45, 7) is 0.418. The van der Waals surface area contributed by atoms with Gasteiger partial charge in [-0.05, 0) is 22.8 Å². The van der Waals surface area contributed by atoms with Crippen LogP contribution in [0.1, 0.15) is 39.0 Å². The molecule has 1 amide bonds. The van der Waals surface area contributed by atoms with E-state index in [1.54, 1.807) is 11.0 Å². The lowest BCUT2D eigenvalue weighted by Gasteiger charge is -2.41. The maximum Gasteiger partial charge on any atom is 0.315 e. The molecule has 0 spiro atoms. The Kier molecular flexibility index (Phi) is 4.94. The molecule has 0 fully saturated rings. The van der Waals surface area contributed by atoms with Crippen LogP contribution in [0.25, 0.3) is 0 Å². The summed E-state index contributed by atoms with van der Waals surface area (Å²) in [5.41, 5.74) is 3.20. The van der Waals surface area contributed by atoms with Crippen LogP contribution in [-0.2, 0) is 16.1 Å². The Morgan fingerprint density at radius 1 is 0.893 bits per heavy atom. The molecular formula is C24H21NO3. The molecule has 3 aromatic carbocycles. The smallest absolute Gasteiger partial charge is 0.315 e. The molecule has 1 aliphatic heterocycles. The van der Waals surface area contributed by atoms with Crippen molar-refractivity contribution in [2.24, 2.45) is 0 Å². The van der Waals surface area contributed by atoms with Crippen molar-refractivity contribution in [3.8, 4) is 0 Å². The summed E-state index contributed by atoms with van der Waals surface area (Å²) in [4.78, 5) is 28.1. The van der Waals surface area contributed by atoms with Crippen molar-refractivity contribution in [1.29, 1.82) is 0 Å². The number of nitrogens with zero attached hydrogens (tertiary/aromatic N) is 1. The zero-order valence-electron chi connectivity index (χ0n) is 15.6. The first-order valence-corrected chi connectivity index (χ1v) is 9.27. The highest BCUT2D eigenvalue weighted by Crippen LogP contribution is 2.43. The van der Waals surface area contributed by atoms with Crippen LogP contribution in [0.2, 0.25) is 0 Å². The number of carbonyl (C=O) groups excluding carboxylic acids is 2. The number of fused-ring (bicyclic) bond motifs is 1. The Bertz CT molecular complexity index is 985. The molecule has 0 aliphatic carbocycles. The minimum Gasteiger partial charge on any atom is -0.468 e. The highest BCUT2D eigenvalue weighted by atomic mass is 16.5. The van der Waals surface area contributed by atoms with Gasteiger partial charge in [0.15, 0.2) is 0 Å². The number of esters is 1. The summed E-state index contributed by atoms with van der Waals surface area (Å²) in [5.74, 6) is -0.995. The van der Waals surface area contributed by atoms with E-state index in [9.17, 15) is 9.59 Å². The molecule has 0 radical (unpaired) electrons. The summed E-state index contributed by atoms with van der Waals surface area (Å²) in [5, 5.41) is 0. The van der Waals surface area contributed by atoms with Crippen molar-refractivity contribution in [1.82, 2.24) is 4.90 Å². The number of hydrogen-bond donors (Lipinski definition) is 0. The minimum absolute atomic E-state index is 0.0755. The molecule has 140 valence electrons. The van der Waals surface area contributed by atoms with Gasteiger partial charge >= 0.3 is 5.97 Å². The SMILES string of the molecule is COC(=O)[C@@H]1c2ccccc2C(=O)N(Cc2ccccc2)[C@H]1c1ccccc1. The Labute approximate surface area is 164 Å². The normalized spacial score (nSPS) is 18.5. The molecule has 0 N–H and O–H groups in total. The third-order valence-corrected chi connectivity index (χ3v) is 5.23. The molecular weight excluding hydrogens is 350 g/mol. The van der Waals surface area contributed by atoms with Crippen LogP contribution >= 0.6 is 0 Å². The van der Waals surface area contributed by atoms with Crippen LogP contribution in [0.4, 0.5) is 0 Å². The molecule has 4 heteroatoms. The second-order valence-corrected chi connectivity index (χ2v) is 6.86. The first-order valence-electron chi connectivity index (χ1n) is 9.27. The van der Waals surface area contributed by atoms with Gasteiger partial charge in [0.2, 0.25) is 0 Å². The van der Waals surface area contributed by atoms with E-state index in [-0.39, 0.29) is 11.9 Å². The van der Waals surface area contributed by atoms with Crippen molar-refractivity contribution in [2.45, 2.75) is 18.5 Å². The molecule has 0 saturated heterocycles. The van der Waals surface area contributed by atoms with E-state index < -0.39 is 12.0 Å². The van der Waals surface area contributed by atoms with E-state index >= 15 is 0 Å². The van der Waals surface area contributed by atoms with Gasteiger partial charge < -0.3 is 9.64 Å². The number of methoxy groups -OCH3 is 1. The summed E-state index contributed by atoms with van der Waals surface area (Å²) in [7, 11) is 1.39. The predicted molar refractivity (Wildman–Crippen MR) is 107 cm³/mol. The number of amides is 1. The quantitative estimate of drug-likeness (QED) is 0.641. The van der Waals surface area contributed by atoms with Crippen LogP contribution in [0.5, 0.6) is 0 Å². The molecule has 3 aromatic rings. The van der Waals surface area contributed by atoms with Crippen LogP contribution in [0, 0.1) is 0 Å². The second-order valence-electron chi connectivity index (χ2n) is 6.86. The summed E-state index contributed by atoms with van der Waals surface area (Å²) in [6, 6.07) is 26.4. The van der Waals surface area contributed by atoms with Crippen molar-refractivity contribution in [2.75, 3.05) is 7.11 Å². The van der Waals surface area contributed by atoms with Gasteiger partial charge in [-0.1, -0.05) is 78.9 Å². The fourth-order valence-electron chi connectivity index (χ4n) is 3.95. The molecule has 2 atom stereocenters. The number of carbonyl (C=O) groups is 2. The highest BCUT2D eigenvalue weighted by Gasteiger charge is 2.44. The second kappa shape index (κ2) is 7.69. The summed E-state index contributed by atoms with van der Waals surface area (Å²) >= 11 is 0. The average Bonchev–Trinajstić information content (AvgIpc) is 2.76. The van der Waals surface area contributed by atoms with Gasteiger partial charge in [-0.3, -0.25) is 9.59 Å². The van der Waals surface area contributed by atoms with Gasteiger partial charge in [0, 0.05) is 12.1 Å². The zero-order valence-corrected chi connectivity index (χ0v) is 15.6. The van der Waals surface area contributed by atoms with Gasteiger partial charge in [0.25, 0.3) is 5.91 Å². The van der Waals surface area contributed by atoms with Crippen molar-refractivity contribution in [3.05, 3.63) is 107 Å². The van der Waals surface area contributed by atoms with Crippen LogP contribution in [-0.4, -0.2) is 23.9 Å². The van der Waals surface area contributed by atoms with Crippen molar-refractivity contribution >= 4 is 11.9 Å². The zero-order chi connectivity index (χ0) is 19.5. The molecule has 4 rings (SSSR count). The Hall–Kier alpha value is -3.40. The molecule has 1 aliphatic rings. The van der Waals surface area contributed by atoms with Gasteiger partial charge in [0.05, 0.1) is 13.2 Å². The fourth-order valence-corrected chi connectivity index (χ4v) is 3.95. The number of hydrogen-bond acceptors (Lipinski definition) is 3. The van der Waals surface area contributed by atoms with Crippen LogP contribution in [0.15, 0.2) is 84.9 Å². The summed E-state index contributed by atoms with van der Waals surface area (Å²) < 4.78 is 5.16. The monoisotopic (exact) mass is 371 g/mol. The van der Waals surface area contributed by atoms with Gasteiger partial charge in [0.1, 0.15) is 5.92 Å². The lowest BCUT2D eigenvalue weighted by atomic mass is 9.79. The molecule has 0 aromatic heterocycles. The molecule has 28 heavy (non-hydrogen) atoms. The highest BCUT2D eigenvalue weighted by molar-refractivity contribution is 6.00. The Balaban J connectivity index is 1.89. The molecule has 4 nitrogen and oxygen atoms in total. The first-order chi connectivity index (χ1) is 13.7. The third-order valence-electron chi connectivity index (χ3n) is 5.23. The van der Waals surface area contributed by atoms with Crippen LogP contribution in [0.3, 0.4) is 0 Å². The largest absolute Gasteiger partial charge is 0.468 e. The third kappa shape index (κ3) is 3.18. The number of rotatable bonds is 4. The van der Waals surface area contributed by atoms with Crippen LogP contribution < -0.4 is 0 Å². The first kappa shape index (κ1) is 18.0. The van der Waals surface area contributed by atoms with Gasteiger partial charge in [-0.25, -0.2) is 0 Å². The van der Waals surface area contributed by atoms with E-state index in [4.69, 9.17) is 4.74 Å². The van der Waals surface area contributed by atoms with Crippen molar-refractivity contribution < 1.29 is 14.3 Å². The topological polar surface area (TPSA) is 46.6 Å². The molecule has 0 unspecified atom stereocenters. The molecule has 1 heterocycles. The standard InChI is InChI=1S/C24H21NO3/c1-28-24(27)21-19-14-8-9-15-20(19)23(26)25(16-17-10-4-2-5-11-17)22(21)18-12-6-3-7-13-18/h2-15,21-22H,16H2,1H3/t21-,22+/m1/s1. The maximum atomic E-state index is 13.4. The maximum absolute atomic E-state index is 13.4. The van der Waals surface area contributed by atoms with E-state index in [2.05, 4.69) is 0 Å². The summed E-state index contributed by atoms with van der Waals surface area (Å²) in [6.07, 6.45) is 0. The van der Waals surface area contributed by atoms with E-state index in [0.717, 1.165) is 16.7 Å². The average molecular weight is 371 g/mol. The lowest BCUT2D eigenvalue weighted by molar-refractivity contribution is -0.144. The van der Waals surface area contributed by atoms with E-state index in [1.165, 1.54) is 7.11 Å². The Morgan fingerprint density at radius 3 is 2.18 bits per heavy atom. The van der Waals surface area contributed by atoms with E-state index in [1.807, 2.05) is 78.9 Å². The number of ether oxygens (including phenoxy) is 1. The van der Waals surface area contributed by atoms with Gasteiger partial charge in [-0.2, -0.15) is 0 Å². The molecule has 0 bridgehead atoms. The van der Waals surface area contributed by atoms with E-state index in [0.29, 0.717) is 12.1 Å². The van der Waals surface area contributed by atoms with Crippen molar-refractivity contribution in [3.63, 3.8) is 0 Å². The molecule has 0 saturated carbocycles. The fraction of sp³-hybridized carbons (Fsp3) is 0.167. The Morgan fingerprint density at radius 2 is 1.50 bits per heavy atom. The number of benzene rings is 3. The van der Waals surface area contributed by atoms with Gasteiger partial charge in [-0.15, -0.1) is 0 Å². The lowest BCUT2D eigenvalue weighted by Crippen LogP contribution is -2.44.